The molecule has 0 unspecified atom stereocenters. The molecule has 70 valence electrons. The smallest absolute Gasteiger partial charge is 0.423 e. The molecular weight excluding hydrogens is 188 g/mol. The fraction of sp³-hybridized carbons (Fsp3) is 0.200. The molecular formula is C5H4BF3N2O2. The van der Waals surface area contributed by atoms with E-state index in [2.05, 4.69) is 14.6 Å². The maximum absolute atomic E-state index is 11.6. The van der Waals surface area contributed by atoms with Crippen molar-refractivity contribution in [2.24, 2.45) is 0 Å². The van der Waals surface area contributed by atoms with Gasteiger partial charge in [0.15, 0.2) is 0 Å². The zero-order valence-electron chi connectivity index (χ0n) is 6.19. The third kappa shape index (κ3) is 3.39. The van der Waals surface area contributed by atoms with Gasteiger partial charge in [0, 0.05) is 17.9 Å². The van der Waals surface area contributed by atoms with Gasteiger partial charge in [-0.3, -0.25) is 0 Å². The summed E-state index contributed by atoms with van der Waals surface area (Å²) in [6, 6.07) is 0. The summed E-state index contributed by atoms with van der Waals surface area (Å²) in [6.07, 6.45) is -1.69. The summed E-state index contributed by atoms with van der Waals surface area (Å²) in [5.41, 5.74) is -0.153. The van der Waals surface area contributed by atoms with Gasteiger partial charge >= 0.3 is 13.5 Å². The van der Waals surface area contributed by atoms with Crippen LogP contribution in [0.2, 0.25) is 0 Å². The van der Waals surface area contributed by atoms with Gasteiger partial charge in [-0.1, -0.05) is 0 Å². The van der Waals surface area contributed by atoms with Crippen LogP contribution in [-0.2, 0) is 4.65 Å². The maximum atomic E-state index is 11.6. The maximum Gasteiger partial charge on any atom is 0.510 e. The van der Waals surface area contributed by atoms with Crippen molar-refractivity contribution in [2.75, 3.05) is 0 Å². The summed E-state index contributed by atoms with van der Waals surface area (Å²) >= 11 is 0. The van der Waals surface area contributed by atoms with Crippen LogP contribution in [0.3, 0.4) is 0 Å². The van der Waals surface area contributed by atoms with Gasteiger partial charge < -0.3 is 9.68 Å². The second kappa shape index (κ2) is 3.71. The van der Waals surface area contributed by atoms with Crippen molar-refractivity contribution in [3.05, 3.63) is 18.7 Å². The van der Waals surface area contributed by atoms with E-state index in [0.717, 1.165) is 18.7 Å². The number of hydrogen-bond acceptors (Lipinski definition) is 4. The van der Waals surface area contributed by atoms with E-state index < -0.39 is 13.5 Å². The second-order valence-corrected chi connectivity index (χ2v) is 2.09. The van der Waals surface area contributed by atoms with Crippen LogP contribution in [-0.4, -0.2) is 28.5 Å². The molecule has 0 amide bonds. The number of alkyl halides is 3. The molecule has 0 radical (unpaired) electrons. The van der Waals surface area contributed by atoms with E-state index in [0.29, 0.717) is 0 Å². The number of halogens is 3. The Kier molecular flexibility index (Phi) is 2.84. The largest absolute Gasteiger partial charge is 0.510 e. The highest BCUT2D eigenvalue weighted by molar-refractivity contribution is 6.59. The molecule has 1 aromatic heterocycles. The molecule has 0 aliphatic heterocycles. The van der Waals surface area contributed by atoms with Crippen molar-refractivity contribution in [1.29, 1.82) is 0 Å². The molecule has 1 N–H and O–H groups in total. The number of rotatable bonds is 2. The van der Waals surface area contributed by atoms with Gasteiger partial charge in [0.1, 0.15) is 6.33 Å². The SMILES string of the molecule is OB(OC(F)(F)F)c1cncnc1. The summed E-state index contributed by atoms with van der Waals surface area (Å²) in [5.74, 6) is 0. The van der Waals surface area contributed by atoms with Crippen LogP contribution in [0.4, 0.5) is 13.2 Å². The first-order chi connectivity index (χ1) is 5.99. The Morgan fingerprint density at radius 2 is 1.85 bits per heavy atom. The molecule has 0 aromatic carbocycles. The summed E-state index contributed by atoms with van der Waals surface area (Å²) in [7, 11) is -2.08. The highest BCUT2D eigenvalue weighted by Crippen LogP contribution is 2.16. The fourth-order valence-electron chi connectivity index (χ4n) is 0.633. The van der Waals surface area contributed by atoms with Gasteiger partial charge in [-0.25, -0.2) is 9.97 Å². The van der Waals surface area contributed by atoms with Crippen LogP contribution in [0.15, 0.2) is 18.7 Å². The Labute approximate surface area is 71.5 Å². The first kappa shape index (κ1) is 9.94. The zero-order valence-corrected chi connectivity index (χ0v) is 6.19. The van der Waals surface area contributed by atoms with E-state index in [-0.39, 0.29) is 5.46 Å². The van der Waals surface area contributed by atoms with E-state index in [1.54, 1.807) is 0 Å². The van der Waals surface area contributed by atoms with Crippen LogP contribution >= 0.6 is 0 Å². The molecule has 0 spiro atoms. The van der Waals surface area contributed by atoms with Gasteiger partial charge in [0.05, 0.1) is 0 Å². The number of nitrogens with zero attached hydrogens (tertiary/aromatic N) is 2. The predicted octanol–water partition coefficient (Wildman–Crippen LogP) is -0.300. The molecule has 0 atom stereocenters. The molecule has 1 heterocycles. The Bertz CT molecular complexity index is 268. The van der Waals surface area contributed by atoms with Gasteiger partial charge in [-0.2, -0.15) is 0 Å². The molecule has 1 aromatic rings. The first-order valence-electron chi connectivity index (χ1n) is 3.16. The Morgan fingerprint density at radius 3 is 2.31 bits per heavy atom. The Balaban J connectivity index is 2.64. The average molecular weight is 192 g/mol. The lowest BCUT2D eigenvalue weighted by atomic mass is 9.82. The summed E-state index contributed by atoms with van der Waals surface area (Å²) in [4.78, 5) is 6.83. The van der Waals surface area contributed by atoms with Gasteiger partial charge in [0.2, 0.25) is 0 Å². The van der Waals surface area contributed by atoms with E-state index in [4.69, 9.17) is 5.02 Å². The monoisotopic (exact) mass is 192 g/mol. The van der Waals surface area contributed by atoms with E-state index in [1.165, 1.54) is 0 Å². The molecule has 8 heteroatoms. The van der Waals surface area contributed by atoms with Crippen molar-refractivity contribution in [3.63, 3.8) is 0 Å². The van der Waals surface area contributed by atoms with Crippen molar-refractivity contribution in [1.82, 2.24) is 9.97 Å². The standard InChI is InChI=1S/C5H4BF3N2O2/c7-5(8,9)13-6(12)4-1-10-3-11-2-4/h1-3,12H. The van der Waals surface area contributed by atoms with Crippen molar-refractivity contribution in [3.8, 4) is 0 Å². The molecule has 0 aliphatic carbocycles. The minimum absolute atomic E-state index is 0.153. The molecule has 0 saturated carbocycles. The molecule has 1 rings (SSSR count). The van der Waals surface area contributed by atoms with E-state index >= 15 is 0 Å². The quantitative estimate of drug-likeness (QED) is 0.653. The van der Waals surface area contributed by atoms with Crippen LogP contribution in [0, 0.1) is 0 Å². The minimum Gasteiger partial charge on any atom is -0.423 e. The van der Waals surface area contributed by atoms with Crippen molar-refractivity contribution >= 4 is 12.6 Å². The predicted molar refractivity (Wildman–Crippen MR) is 36.8 cm³/mol. The zero-order chi connectivity index (χ0) is 9.90. The molecule has 0 fully saturated rings. The van der Waals surface area contributed by atoms with Gasteiger partial charge in [-0.15, -0.1) is 13.2 Å². The lowest BCUT2D eigenvalue weighted by molar-refractivity contribution is -0.282. The van der Waals surface area contributed by atoms with Crippen molar-refractivity contribution in [2.45, 2.75) is 6.36 Å². The van der Waals surface area contributed by atoms with E-state index in [9.17, 15) is 13.2 Å². The molecule has 0 bridgehead atoms. The van der Waals surface area contributed by atoms with Crippen molar-refractivity contribution < 1.29 is 22.8 Å². The summed E-state index contributed by atoms with van der Waals surface area (Å²) in [5, 5.41) is 8.83. The Morgan fingerprint density at radius 1 is 1.31 bits per heavy atom. The van der Waals surface area contributed by atoms with Gasteiger partial charge in [-0.05, 0) is 0 Å². The van der Waals surface area contributed by atoms with E-state index in [1.807, 2.05) is 0 Å². The summed E-state index contributed by atoms with van der Waals surface area (Å²) < 4.78 is 38.0. The minimum atomic E-state index is -4.88. The third-order valence-electron chi connectivity index (χ3n) is 1.11. The average Bonchev–Trinajstić information content (AvgIpc) is 2.03. The Hall–Kier alpha value is -1.15. The number of hydrogen-bond donors (Lipinski definition) is 1. The molecule has 0 saturated heterocycles. The molecule has 13 heavy (non-hydrogen) atoms. The van der Waals surface area contributed by atoms with Crippen LogP contribution in [0.1, 0.15) is 0 Å². The lowest BCUT2D eigenvalue weighted by Gasteiger charge is -2.09. The highest BCUT2D eigenvalue weighted by atomic mass is 19.4. The molecule has 0 aliphatic rings. The van der Waals surface area contributed by atoms with Crippen LogP contribution in [0.25, 0.3) is 0 Å². The van der Waals surface area contributed by atoms with Crippen LogP contribution < -0.4 is 5.46 Å². The fourth-order valence-corrected chi connectivity index (χ4v) is 0.633. The number of aromatic nitrogens is 2. The van der Waals surface area contributed by atoms with Crippen LogP contribution in [0.5, 0.6) is 0 Å². The molecule has 4 nitrogen and oxygen atoms in total. The normalized spacial score (nSPS) is 11.4. The summed E-state index contributed by atoms with van der Waals surface area (Å²) in [6.45, 7) is 0. The first-order valence-corrected chi connectivity index (χ1v) is 3.16. The second-order valence-electron chi connectivity index (χ2n) is 2.09. The topological polar surface area (TPSA) is 55.2 Å². The lowest BCUT2D eigenvalue weighted by Crippen LogP contribution is -2.39. The van der Waals surface area contributed by atoms with Gasteiger partial charge in [0.25, 0.3) is 0 Å². The highest BCUT2D eigenvalue weighted by Gasteiger charge is 2.36. The third-order valence-corrected chi connectivity index (χ3v) is 1.11.